The van der Waals surface area contributed by atoms with Crippen LogP contribution in [0, 0.1) is 12.3 Å². The molecule has 0 spiro atoms. The molecule has 1 rings (SSSR count). The molecule has 1 unspecified atom stereocenters. The Labute approximate surface area is 104 Å². The van der Waals surface area contributed by atoms with E-state index in [9.17, 15) is 4.79 Å². The lowest BCUT2D eigenvalue weighted by Crippen LogP contribution is -2.30. The molecule has 1 amide bonds. The highest BCUT2D eigenvalue weighted by molar-refractivity contribution is 5.77. The third-order valence-electron chi connectivity index (χ3n) is 2.72. The SMILES string of the molecule is Cc1ccccc1C(C)NC(=O)CC(C)(C)C. The van der Waals surface area contributed by atoms with E-state index in [1.807, 2.05) is 19.1 Å². The van der Waals surface area contributed by atoms with E-state index in [2.05, 4.69) is 45.1 Å². The van der Waals surface area contributed by atoms with Gasteiger partial charge in [-0.3, -0.25) is 4.79 Å². The van der Waals surface area contributed by atoms with E-state index in [0.29, 0.717) is 6.42 Å². The Morgan fingerprint density at radius 3 is 2.41 bits per heavy atom. The van der Waals surface area contributed by atoms with Crippen LogP contribution < -0.4 is 5.32 Å². The molecule has 0 heterocycles. The number of hydrogen-bond donors (Lipinski definition) is 1. The maximum Gasteiger partial charge on any atom is 0.220 e. The summed E-state index contributed by atoms with van der Waals surface area (Å²) in [6.45, 7) is 10.3. The van der Waals surface area contributed by atoms with Crippen molar-refractivity contribution in [1.82, 2.24) is 5.32 Å². The largest absolute Gasteiger partial charge is 0.350 e. The van der Waals surface area contributed by atoms with Gasteiger partial charge in [0.1, 0.15) is 0 Å². The minimum atomic E-state index is 0.0372. The zero-order valence-electron chi connectivity index (χ0n) is 11.5. The van der Waals surface area contributed by atoms with Gasteiger partial charge in [-0.25, -0.2) is 0 Å². The molecule has 94 valence electrons. The normalized spacial score (nSPS) is 13.2. The van der Waals surface area contributed by atoms with Gasteiger partial charge in [0, 0.05) is 6.42 Å². The number of carbonyl (C=O) groups excluding carboxylic acids is 1. The smallest absolute Gasteiger partial charge is 0.220 e. The van der Waals surface area contributed by atoms with E-state index in [1.165, 1.54) is 11.1 Å². The fraction of sp³-hybridized carbons (Fsp3) is 0.533. The molecule has 1 aromatic rings. The lowest BCUT2D eigenvalue weighted by atomic mass is 9.91. The zero-order valence-corrected chi connectivity index (χ0v) is 11.5. The van der Waals surface area contributed by atoms with Gasteiger partial charge in [0.15, 0.2) is 0 Å². The van der Waals surface area contributed by atoms with Crippen LogP contribution in [-0.2, 0) is 4.79 Å². The molecule has 1 N–H and O–H groups in total. The zero-order chi connectivity index (χ0) is 13.1. The van der Waals surface area contributed by atoms with E-state index in [0.717, 1.165) is 0 Å². The first-order valence-corrected chi connectivity index (χ1v) is 6.14. The van der Waals surface area contributed by atoms with Crippen LogP contribution in [0.2, 0.25) is 0 Å². The van der Waals surface area contributed by atoms with E-state index in [4.69, 9.17) is 0 Å². The minimum absolute atomic E-state index is 0.0372. The predicted octanol–water partition coefficient (Wildman–Crippen LogP) is 3.61. The number of aryl methyl sites for hydroxylation is 1. The van der Waals surface area contributed by atoms with Crippen molar-refractivity contribution in [3.8, 4) is 0 Å². The molecule has 0 aliphatic heterocycles. The molecule has 0 saturated carbocycles. The van der Waals surface area contributed by atoms with E-state index in [1.54, 1.807) is 0 Å². The Morgan fingerprint density at radius 2 is 1.88 bits per heavy atom. The second-order valence-electron chi connectivity index (χ2n) is 5.88. The molecule has 0 aromatic heterocycles. The number of amides is 1. The van der Waals surface area contributed by atoms with Crippen LogP contribution in [0.5, 0.6) is 0 Å². The van der Waals surface area contributed by atoms with Gasteiger partial charge in [0.2, 0.25) is 5.91 Å². The van der Waals surface area contributed by atoms with Gasteiger partial charge < -0.3 is 5.32 Å². The van der Waals surface area contributed by atoms with Crippen molar-refractivity contribution in [2.75, 3.05) is 0 Å². The molecular weight excluding hydrogens is 210 g/mol. The van der Waals surface area contributed by atoms with E-state index >= 15 is 0 Å². The summed E-state index contributed by atoms with van der Waals surface area (Å²) in [5, 5.41) is 3.05. The summed E-state index contributed by atoms with van der Waals surface area (Å²) in [6.07, 6.45) is 0.559. The standard InChI is InChI=1S/C15H23NO/c1-11-8-6-7-9-13(11)12(2)16-14(17)10-15(3,4)5/h6-9,12H,10H2,1-5H3,(H,16,17). The molecule has 1 atom stereocenters. The Kier molecular flexibility index (Phi) is 4.33. The summed E-state index contributed by atoms with van der Waals surface area (Å²) < 4.78 is 0. The fourth-order valence-electron chi connectivity index (χ4n) is 1.92. The van der Waals surface area contributed by atoms with Gasteiger partial charge in [0.05, 0.1) is 6.04 Å². The molecule has 0 radical (unpaired) electrons. The second-order valence-corrected chi connectivity index (χ2v) is 5.88. The van der Waals surface area contributed by atoms with Gasteiger partial charge in [0.25, 0.3) is 0 Å². The number of carbonyl (C=O) groups is 1. The highest BCUT2D eigenvalue weighted by Crippen LogP contribution is 2.20. The summed E-state index contributed by atoms with van der Waals surface area (Å²) in [4.78, 5) is 11.8. The van der Waals surface area contributed by atoms with Gasteiger partial charge >= 0.3 is 0 Å². The van der Waals surface area contributed by atoms with Gasteiger partial charge in [-0.1, -0.05) is 45.0 Å². The fourth-order valence-corrected chi connectivity index (χ4v) is 1.92. The first-order chi connectivity index (χ1) is 7.79. The molecule has 2 nitrogen and oxygen atoms in total. The third-order valence-corrected chi connectivity index (χ3v) is 2.72. The Morgan fingerprint density at radius 1 is 1.29 bits per heavy atom. The molecule has 17 heavy (non-hydrogen) atoms. The van der Waals surface area contributed by atoms with Gasteiger partial charge in [-0.05, 0) is 30.4 Å². The topological polar surface area (TPSA) is 29.1 Å². The maximum absolute atomic E-state index is 11.8. The van der Waals surface area contributed by atoms with Crippen molar-refractivity contribution in [2.24, 2.45) is 5.41 Å². The molecule has 0 aliphatic carbocycles. The number of benzene rings is 1. The van der Waals surface area contributed by atoms with Crippen molar-refractivity contribution in [2.45, 2.75) is 47.1 Å². The average molecular weight is 233 g/mol. The van der Waals surface area contributed by atoms with Crippen LogP contribution in [0.25, 0.3) is 0 Å². The Balaban J connectivity index is 2.64. The molecule has 1 aromatic carbocycles. The molecule has 0 saturated heterocycles. The van der Waals surface area contributed by atoms with Crippen molar-refractivity contribution in [3.63, 3.8) is 0 Å². The predicted molar refractivity (Wildman–Crippen MR) is 71.8 cm³/mol. The molecule has 0 bridgehead atoms. The van der Waals surface area contributed by atoms with Crippen molar-refractivity contribution in [1.29, 1.82) is 0 Å². The molecular formula is C15H23NO. The summed E-state index contributed by atoms with van der Waals surface area (Å²) in [5.41, 5.74) is 2.45. The average Bonchev–Trinajstić information content (AvgIpc) is 2.14. The Hall–Kier alpha value is -1.31. The van der Waals surface area contributed by atoms with Crippen LogP contribution in [0.3, 0.4) is 0 Å². The van der Waals surface area contributed by atoms with Crippen molar-refractivity contribution in [3.05, 3.63) is 35.4 Å². The highest BCUT2D eigenvalue weighted by atomic mass is 16.1. The van der Waals surface area contributed by atoms with Gasteiger partial charge in [-0.15, -0.1) is 0 Å². The quantitative estimate of drug-likeness (QED) is 0.849. The molecule has 0 fully saturated rings. The minimum Gasteiger partial charge on any atom is -0.350 e. The van der Waals surface area contributed by atoms with Crippen LogP contribution in [0.1, 0.15) is 51.3 Å². The second kappa shape index (κ2) is 5.35. The molecule has 0 aliphatic rings. The summed E-state index contributed by atoms with van der Waals surface area (Å²) in [6, 6.07) is 8.24. The van der Waals surface area contributed by atoms with Crippen molar-refractivity contribution >= 4 is 5.91 Å². The van der Waals surface area contributed by atoms with E-state index < -0.39 is 0 Å². The van der Waals surface area contributed by atoms with Crippen LogP contribution in [0.15, 0.2) is 24.3 Å². The van der Waals surface area contributed by atoms with Crippen LogP contribution in [-0.4, -0.2) is 5.91 Å². The van der Waals surface area contributed by atoms with E-state index in [-0.39, 0.29) is 17.4 Å². The summed E-state index contributed by atoms with van der Waals surface area (Å²) in [7, 11) is 0. The van der Waals surface area contributed by atoms with Gasteiger partial charge in [-0.2, -0.15) is 0 Å². The number of hydrogen-bond acceptors (Lipinski definition) is 1. The maximum atomic E-state index is 11.8. The van der Waals surface area contributed by atoms with Crippen molar-refractivity contribution < 1.29 is 4.79 Å². The first-order valence-electron chi connectivity index (χ1n) is 6.14. The monoisotopic (exact) mass is 233 g/mol. The lowest BCUT2D eigenvalue weighted by Gasteiger charge is -2.21. The van der Waals surface area contributed by atoms with Crippen LogP contribution >= 0.6 is 0 Å². The highest BCUT2D eigenvalue weighted by Gasteiger charge is 2.18. The summed E-state index contributed by atoms with van der Waals surface area (Å²) in [5.74, 6) is 0.119. The first kappa shape index (κ1) is 13.8. The summed E-state index contributed by atoms with van der Waals surface area (Å²) >= 11 is 0. The lowest BCUT2D eigenvalue weighted by molar-refractivity contribution is -0.123. The number of nitrogens with one attached hydrogen (secondary N) is 1. The third kappa shape index (κ3) is 4.59. The number of rotatable bonds is 3. The Bertz CT molecular complexity index is 390. The molecule has 2 heteroatoms. The van der Waals surface area contributed by atoms with Crippen LogP contribution in [0.4, 0.5) is 0 Å².